The summed E-state index contributed by atoms with van der Waals surface area (Å²) in [6.07, 6.45) is 10.8. The molecule has 54 heavy (non-hydrogen) atoms. The van der Waals surface area contributed by atoms with Gasteiger partial charge < -0.3 is 14.4 Å². The van der Waals surface area contributed by atoms with Crippen LogP contribution in [0.4, 0.5) is 0 Å². The van der Waals surface area contributed by atoms with Crippen molar-refractivity contribution in [2.45, 2.75) is 114 Å². The minimum Gasteiger partial charge on any atom is -0.486 e. The van der Waals surface area contributed by atoms with Crippen molar-refractivity contribution in [2.75, 3.05) is 0 Å². The number of aromatic nitrogens is 3. The first kappa shape index (κ1) is 41.7. The minimum atomic E-state index is -1.37. The first-order chi connectivity index (χ1) is 24.9. The predicted molar refractivity (Wildman–Crippen MR) is 226 cm³/mol. The molecule has 0 aliphatic heterocycles. The van der Waals surface area contributed by atoms with Crippen molar-refractivity contribution in [1.29, 1.82) is 0 Å². The van der Waals surface area contributed by atoms with Crippen molar-refractivity contribution in [2.24, 2.45) is 22.7 Å². The number of hydrogen-bond acceptors (Lipinski definition) is 4. The van der Waals surface area contributed by atoms with Crippen LogP contribution in [0.2, 0.25) is 19.6 Å². The zero-order chi connectivity index (χ0) is 38.1. The van der Waals surface area contributed by atoms with Crippen molar-refractivity contribution in [3.8, 4) is 22.5 Å². The van der Waals surface area contributed by atoms with Crippen molar-refractivity contribution < 1.29 is 24.5 Å². The first-order valence-corrected chi connectivity index (χ1v) is 23.1. The van der Waals surface area contributed by atoms with E-state index in [1.54, 1.807) is 0 Å². The molecule has 4 nitrogen and oxygen atoms in total. The van der Waals surface area contributed by atoms with Crippen LogP contribution in [-0.4, -0.2) is 23.0 Å². The predicted octanol–water partition coefficient (Wildman–Crippen LogP) is 12.3. The van der Waals surface area contributed by atoms with Gasteiger partial charge in [-0.3, -0.25) is 0 Å². The van der Waals surface area contributed by atoms with Gasteiger partial charge in [0, 0.05) is 43.6 Å². The van der Waals surface area contributed by atoms with E-state index in [2.05, 4.69) is 130 Å². The fraction of sp³-hybridized carbons (Fsp3) is 0.438. The van der Waals surface area contributed by atoms with Crippen molar-refractivity contribution >= 4 is 35.3 Å². The van der Waals surface area contributed by atoms with E-state index >= 15 is 0 Å². The van der Waals surface area contributed by atoms with E-state index in [0.717, 1.165) is 82.1 Å². The molecule has 4 heterocycles. The molecule has 2 aromatic carbocycles. The molecule has 1 atom stereocenters. The Labute approximate surface area is 339 Å². The van der Waals surface area contributed by atoms with E-state index in [0.29, 0.717) is 5.71 Å². The summed E-state index contributed by atoms with van der Waals surface area (Å²) < 4.78 is 6.38. The third-order valence-electron chi connectivity index (χ3n) is 10.1. The Bertz CT molecular complexity index is 2180. The zero-order valence-electron chi connectivity index (χ0n) is 34.4. The third kappa shape index (κ3) is 10.2. The molecule has 0 amide bonds. The molecule has 0 N–H and O–H groups in total. The van der Waals surface area contributed by atoms with Crippen LogP contribution < -0.4 is 5.19 Å². The fourth-order valence-electron chi connectivity index (χ4n) is 7.92. The van der Waals surface area contributed by atoms with E-state index in [1.165, 1.54) is 34.7 Å². The number of furan rings is 1. The third-order valence-corrected chi connectivity index (χ3v) is 12.1. The van der Waals surface area contributed by atoms with Crippen LogP contribution >= 0.6 is 0 Å². The Morgan fingerprint density at radius 1 is 0.870 bits per heavy atom. The summed E-state index contributed by atoms with van der Waals surface area (Å²) in [5.74, 6) is 1.52. The maximum Gasteiger partial charge on any atom is 0.216 e. The largest absolute Gasteiger partial charge is 0.486 e. The fourth-order valence-corrected chi connectivity index (χ4v) is 9.49. The van der Waals surface area contributed by atoms with Crippen LogP contribution in [0.1, 0.15) is 90.6 Å². The summed E-state index contributed by atoms with van der Waals surface area (Å²) in [6.45, 7) is 25.4. The number of benzene rings is 2. The Morgan fingerprint density at radius 3 is 2.30 bits per heavy atom. The van der Waals surface area contributed by atoms with E-state index in [1.807, 2.05) is 30.5 Å². The van der Waals surface area contributed by atoms with Gasteiger partial charge >= 0.3 is 0 Å². The molecular weight excluding hydrogens is 855 g/mol. The van der Waals surface area contributed by atoms with Gasteiger partial charge in [-0.15, -0.1) is 54.1 Å². The number of rotatable bonds is 7. The van der Waals surface area contributed by atoms with Crippen LogP contribution in [-0.2, 0) is 45.8 Å². The van der Waals surface area contributed by atoms with Crippen molar-refractivity contribution in [3.05, 3.63) is 108 Å². The second-order valence-corrected chi connectivity index (χ2v) is 24.2. The molecular formula is C48H59IrN3OSi-2. The smallest absolute Gasteiger partial charge is 0.216 e. The number of pyridine rings is 3. The summed E-state index contributed by atoms with van der Waals surface area (Å²) in [6, 6.07) is 27.7. The Hall–Kier alpha value is -3.44. The molecule has 7 rings (SSSR count). The Morgan fingerprint density at radius 2 is 1.63 bits per heavy atom. The molecule has 0 fully saturated rings. The van der Waals surface area contributed by atoms with Gasteiger partial charge in [-0.2, -0.15) is 0 Å². The van der Waals surface area contributed by atoms with Crippen LogP contribution in [0.25, 0.3) is 44.6 Å². The summed E-state index contributed by atoms with van der Waals surface area (Å²) in [4.78, 5) is 14.4. The van der Waals surface area contributed by atoms with Crippen molar-refractivity contribution in [3.63, 3.8) is 0 Å². The molecule has 287 valence electrons. The number of fused-ring (bicyclic) bond motifs is 4. The average molecular weight is 914 g/mol. The molecule has 0 bridgehead atoms. The van der Waals surface area contributed by atoms with Crippen LogP contribution in [0, 0.1) is 34.8 Å². The summed E-state index contributed by atoms with van der Waals surface area (Å²) in [7, 11) is -1.37. The molecule has 0 saturated heterocycles. The minimum absolute atomic E-state index is 0. The molecule has 1 aliphatic carbocycles. The molecule has 0 spiro atoms. The van der Waals surface area contributed by atoms with Gasteiger partial charge in [-0.1, -0.05) is 109 Å². The maximum absolute atomic E-state index is 6.38. The second-order valence-electron chi connectivity index (χ2n) is 19.1. The summed E-state index contributed by atoms with van der Waals surface area (Å²) in [5, 5.41) is 3.64. The van der Waals surface area contributed by atoms with Crippen LogP contribution in [0.15, 0.2) is 77.5 Å². The van der Waals surface area contributed by atoms with Gasteiger partial charge in [0.05, 0.1) is 13.7 Å². The maximum atomic E-state index is 6.38. The SMILES string of the molecule is CC(C)(C)Cc1cc(-c2[c-]cccc2)ncc1[Si](C)(C)C.CC(C)CC1CCc2c(ccnc2-c2[c-]ccc3c2oc2nc(CC(C)(C)C)ccc23)C1.[Ir]. The zero-order valence-corrected chi connectivity index (χ0v) is 37.8. The topological polar surface area (TPSA) is 51.8 Å². The van der Waals surface area contributed by atoms with Gasteiger partial charge in [0.15, 0.2) is 0 Å². The van der Waals surface area contributed by atoms with Gasteiger partial charge in [0.1, 0.15) is 0 Å². The number of nitrogens with zero attached hydrogens (tertiary/aromatic N) is 3. The molecule has 1 aliphatic rings. The molecule has 4 aromatic heterocycles. The van der Waals surface area contributed by atoms with Gasteiger partial charge in [-0.25, -0.2) is 4.98 Å². The standard InChI is InChI=1S/C29H33N2O.C19H26NSi.Ir/c1-18(2)15-19-9-11-22-20(16-19)13-14-30-26(22)25-8-6-7-23-24-12-10-21(17-29(3,4)5)31-28(24)32-27(23)25;1-19(2,3)13-16-12-17(15-10-8-7-9-11-15)20-14-18(16)21(4,5)6;/h6-7,10,12-14,18-19H,9,11,15-17H2,1-5H3;7-10,12,14H,13H2,1-6H3;/q2*-1;. The molecule has 0 saturated carbocycles. The second kappa shape index (κ2) is 16.7. The molecule has 6 aromatic rings. The number of hydrogen-bond donors (Lipinski definition) is 0. The van der Waals surface area contributed by atoms with E-state index in [9.17, 15) is 0 Å². The van der Waals surface area contributed by atoms with E-state index in [4.69, 9.17) is 19.4 Å². The molecule has 1 unspecified atom stereocenters. The summed E-state index contributed by atoms with van der Waals surface area (Å²) >= 11 is 0. The van der Waals surface area contributed by atoms with Crippen LogP contribution in [0.5, 0.6) is 0 Å². The van der Waals surface area contributed by atoms with E-state index < -0.39 is 8.07 Å². The van der Waals surface area contributed by atoms with Gasteiger partial charge in [-0.05, 0) is 96.0 Å². The average Bonchev–Trinajstić information content (AvgIpc) is 3.44. The Balaban J connectivity index is 0.000000223. The van der Waals surface area contributed by atoms with Gasteiger partial charge in [0.25, 0.3) is 0 Å². The van der Waals surface area contributed by atoms with Crippen LogP contribution in [0.3, 0.4) is 0 Å². The molecule has 1 radical (unpaired) electrons. The Kier molecular flexibility index (Phi) is 12.9. The quantitative estimate of drug-likeness (QED) is 0.118. The van der Waals surface area contributed by atoms with E-state index in [-0.39, 0.29) is 30.9 Å². The molecule has 6 heteroatoms. The summed E-state index contributed by atoms with van der Waals surface area (Å²) in [5.41, 5.74) is 11.5. The normalized spacial score (nSPS) is 14.8. The monoisotopic (exact) mass is 914 g/mol. The van der Waals surface area contributed by atoms with Crippen molar-refractivity contribution in [1.82, 2.24) is 15.0 Å². The first-order valence-electron chi connectivity index (χ1n) is 19.6. The van der Waals surface area contributed by atoms with Gasteiger partial charge in [0.2, 0.25) is 5.71 Å².